The maximum Gasteiger partial charge on any atom is 0.273 e. The van der Waals surface area contributed by atoms with E-state index in [1.54, 1.807) is 6.20 Å². The molecule has 0 saturated heterocycles. The molecule has 9 nitrogen and oxygen atoms in total. The molecule has 0 fully saturated rings. The van der Waals surface area contributed by atoms with E-state index in [0.717, 1.165) is 11.8 Å². The Balaban J connectivity index is 2.22. The molecule has 0 atom stereocenters. The molecule has 0 unspecified atom stereocenters. The molecule has 0 aliphatic rings. The first kappa shape index (κ1) is 12.9. The van der Waals surface area contributed by atoms with Crippen LogP contribution in [0.15, 0.2) is 24.4 Å². The largest absolute Gasteiger partial charge is 0.507 e. The van der Waals surface area contributed by atoms with Crippen LogP contribution >= 0.6 is 0 Å². The Labute approximate surface area is 118 Å². The summed E-state index contributed by atoms with van der Waals surface area (Å²) in [5.74, 6) is 0.171. The zero-order valence-corrected chi connectivity index (χ0v) is 11.0. The first-order valence-electron chi connectivity index (χ1n) is 6.15. The Morgan fingerprint density at radius 1 is 1.38 bits per heavy atom. The van der Waals surface area contributed by atoms with E-state index < -0.39 is 4.92 Å². The molecule has 0 amide bonds. The number of benzene rings is 1. The fourth-order valence-electron chi connectivity index (χ4n) is 2.18. The standard InChI is InChI=1S/C12H10N6O3/c1-2-10-9(6-13-12-14-15-16-17(10)12)8-4-3-7(18(20)21)5-11(8)19/h3-6,19H,2H2,1H3. The second-order valence-corrected chi connectivity index (χ2v) is 4.32. The number of phenols is 1. The average Bonchev–Trinajstić information content (AvgIpc) is 2.94. The number of aromatic hydroxyl groups is 1. The predicted octanol–water partition coefficient (Wildman–Crippen LogP) is 1.36. The molecule has 0 saturated carbocycles. The molecule has 0 radical (unpaired) electrons. The zero-order valence-electron chi connectivity index (χ0n) is 11.0. The second kappa shape index (κ2) is 4.78. The number of nitro benzene ring substituents is 1. The van der Waals surface area contributed by atoms with Crippen molar-refractivity contribution < 1.29 is 10.0 Å². The molecule has 2 aromatic heterocycles. The lowest BCUT2D eigenvalue weighted by Crippen LogP contribution is -2.03. The zero-order chi connectivity index (χ0) is 15.0. The van der Waals surface area contributed by atoms with Crippen LogP contribution in [0.5, 0.6) is 5.75 Å². The molecule has 21 heavy (non-hydrogen) atoms. The highest BCUT2D eigenvalue weighted by Gasteiger charge is 2.16. The number of non-ortho nitro benzene ring substituents is 1. The Kier molecular flexibility index (Phi) is 2.94. The molecule has 1 N–H and O–H groups in total. The van der Waals surface area contributed by atoms with Crippen molar-refractivity contribution in [3.8, 4) is 16.9 Å². The maximum absolute atomic E-state index is 10.7. The molecule has 9 heteroatoms. The lowest BCUT2D eigenvalue weighted by atomic mass is 10.0. The Bertz CT molecular complexity index is 844. The highest BCUT2D eigenvalue weighted by atomic mass is 16.6. The number of aromatic nitrogens is 5. The van der Waals surface area contributed by atoms with Crippen LogP contribution in [0.2, 0.25) is 0 Å². The lowest BCUT2D eigenvalue weighted by molar-refractivity contribution is -0.384. The topological polar surface area (TPSA) is 119 Å². The van der Waals surface area contributed by atoms with Gasteiger partial charge in [0.25, 0.3) is 11.5 Å². The van der Waals surface area contributed by atoms with E-state index in [0.29, 0.717) is 23.3 Å². The minimum Gasteiger partial charge on any atom is -0.507 e. The first-order chi connectivity index (χ1) is 10.1. The number of nitro groups is 1. The summed E-state index contributed by atoms with van der Waals surface area (Å²) in [6, 6.07) is 3.93. The van der Waals surface area contributed by atoms with Crippen LogP contribution in [-0.4, -0.2) is 35.1 Å². The van der Waals surface area contributed by atoms with Crippen molar-refractivity contribution in [1.82, 2.24) is 25.0 Å². The van der Waals surface area contributed by atoms with Gasteiger partial charge in [-0.1, -0.05) is 12.0 Å². The summed E-state index contributed by atoms with van der Waals surface area (Å²) in [6.07, 6.45) is 2.15. The quantitative estimate of drug-likeness (QED) is 0.570. The van der Waals surface area contributed by atoms with Crippen molar-refractivity contribution in [2.45, 2.75) is 13.3 Å². The van der Waals surface area contributed by atoms with Gasteiger partial charge in [0, 0.05) is 23.4 Å². The van der Waals surface area contributed by atoms with Crippen molar-refractivity contribution in [3.05, 3.63) is 40.2 Å². The number of phenolic OH excluding ortho intramolecular Hbond substituents is 1. The highest BCUT2D eigenvalue weighted by Crippen LogP contribution is 2.34. The molecule has 3 aromatic rings. The van der Waals surface area contributed by atoms with Gasteiger partial charge in [-0.2, -0.15) is 4.52 Å². The predicted molar refractivity (Wildman–Crippen MR) is 71.7 cm³/mol. The summed E-state index contributed by atoms with van der Waals surface area (Å²) in [6.45, 7) is 1.92. The number of hydrogen-bond donors (Lipinski definition) is 1. The molecule has 0 aliphatic carbocycles. The van der Waals surface area contributed by atoms with Crippen LogP contribution in [0.1, 0.15) is 12.6 Å². The minimum atomic E-state index is -0.562. The maximum atomic E-state index is 10.7. The Morgan fingerprint density at radius 2 is 2.19 bits per heavy atom. The third-order valence-corrected chi connectivity index (χ3v) is 3.15. The average molecular weight is 286 g/mol. The van der Waals surface area contributed by atoms with Gasteiger partial charge in [0.15, 0.2) is 0 Å². The minimum absolute atomic E-state index is 0.175. The van der Waals surface area contributed by atoms with Crippen molar-refractivity contribution in [2.75, 3.05) is 0 Å². The van der Waals surface area contributed by atoms with Gasteiger partial charge >= 0.3 is 0 Å². The van der Waals surface area contributed by atoms with Gasteiger partial charge in [-0.3, -0.25) is 10.1 Å². The van der Waals surface area contributed by atoms with Crippen molar-refractivity contribution in [3.63, 3.8) is 0 Å². The van der Waals surface area contributed by atoms with Gasteiger partial charge < -0.3 is 5.11 Å². The molecule has 0 aliphatic heterocycles. The number of aryl methyl sites for hydroxylation is 1. The molecular weight excluding hydrogens is 276 g/mol. The molecule has 2 heterocycles. The van der Waals surface area contributed by atoms with Crippen LogP contribution in [0.4, 0.5) is 5.69 Å². The summed E-state index contributed by atoms with van der Waals surface area (Å²) in [7, 11) is 0. The van der Waals surface area contributed by atoms with E-state index >= 15 is 0 Å². The van der Waals surface area contributed by atoms with Gasteiger partial charge in [0.2, 0.25) is 0 Å². The van der Waals surface area contributed by atoms with Crippen LogP contribution in [0.25, 0.3) is 16.9 Å². The summed E-state index contributed by atoms with van der Waals surface area (Å²) in [4.78, 5) is 14.3. The lowest BCUT2D eigenvalue weighted by Gasteiger charge is -2.09. The van der Waals surface area contributed by atoms with Crippen molar-refractivity contribution in [2.24, 2.45) is 0 Å². The Hall–Kier alpha value is -3.10. The van der Waals surface area contributed by atoms with Crippen LogP contribution < -0.4 is 0 Å². The van der Waals surface area contributed by atoms with Gasteiger partial charge in [-0.05, 0) is 22.9 Å². The normalized spacial score (nSPS) is 10.9. The number of tetrazole rings is 1. The fraction of sp³-hybridized carbons (Fsp3) is 0.167. The third-order valence-electron chi connectivity index (χ3n) is 3.15. The monoisotopic (exact) mass is 286 g/mol. The van der Waals surface area contributed by atoms with Crippen LogP contribution in [-0.2, 0) is 6.42 Å². The molecule has 0 bridgehead atoms. The Morgan fingerprint density at radius 3 is 2.86 bits per heavy atom. The summed E-state index contributed by atoms with van der Waals surface area (Å²) >= 11 is 0. The molecule has 0 spiro atoms. The number of hydrogen-bond acceptors (Lipinski definition) is 7. The van der Waals surface area contributed by atoms with E-state index in [1.165, 1.54) is 16.6 Å². The number of rotatable bonds is 3. The van der Waals surface area contributed by atoms with Gasteiger partial charge in [-0.25, -0.2) is 4.98 Å². The van der Waals surface area contributed by atoms with Crippen LogP contribution in [0.3, 0.4) is 0 Å². The van der Waals surface area contributed by atoms with Crippen molar-refractivity contribution >= 4 is 11.5 Å². The fourth-order valence-corrected chi connectivity index (χ4v) is 2.18. The van der Waals surface area contributed by atoms with E-state index in [9.17, 15) is 15.2 Å². The molecule has 3 rings (SSSR count). The highest BCUT2D eigenvalue weighted by molar-refractivity contribution is 5.73. The second-order valence-electron chi connectivity index (χ2n) is 4.32. The van der Waals surface area contributed by atoms with Gasteiger partial charge in [-0.15, -0.1) is 0 Å². The summed E-state index contributed by atoms with van der Waals surface area (Å²) in [5, 5.41) is 31.9. The number of nitrogens with zero attached hydrogens (tertiary/aromatic N) is 6. The number of fused-ring (bicyclic) bond motifs is 1. The van der Waals surface area contributed by atoms with E-state index in [2.05, 4.69) is 20.5 Å². The smallest absolute Gasteiger partial charge is 0.273 e. The van der Waals surface area contributed by atoms with E-state index in [4.69, 9.17) is 0 Å². The summed E-state index contributed by atoms with van der Waals surface area (Å²) in [5.41, 5.74) is 1.66. The SMILES string of the molecule is CCc1c(-c2ccc([N+](=O)[O-])cc2O)cnc2nnnn12. The van der Waals surface area contributed by atoms with Crippen molar-refractivity contribution in [1.29, 1.82) is 0 Å². The van der Waals surface area contributed by atoms with E-state index in [1.807, 2.05) is 6.92 Å². The molecule has 106 valence electrons. The third kappa shape index (κ3) is 2.04. The first-order valence-corrected chi connectivity index (χ1v) is 6.15. The van der Waals surface area contributed by atoms with E-state index in [-0.39, 0.29) is 11.4 Å². The van der Waals surface area contributed by atoms with Gasteiger partial charge in [0.05, 0.1) is 16.7 Å². The molecule has 1 aromatic carbocycles. The van der Waals surface area contributed by atoms with Crippen LogP contribution in [0, 0.1) is 10.1 Å². The molecular formula is C12H10N6O3. The van der Waals surface area contributed by atoms with Gasteiger partial charge in [0.1, 0.15) is 5.75 Å². The summed E-state index contributed by atoms with van der Waals surface area (Å²) < 4.78 is 1.48.